The molecule has 2 heterocycles. The number of imidazole rings is 1. The Morgan fingerprint density at radius 2 is 1.53 bits per heavy atom. The second kappa shape index (κ2) is 7.99. The molecular formula is C28H22FN3O2. The first kappa shape index (κ1) is 20.4. The molecule has 6 rings (SSSR count). The van der Waals surface area contributed by atoms with Crippen molar-refractivity contribution < 1.29 is 14.6 Å². The van der Waals surface area contributed by atoms with Crippen LogP contribution < -0.4 is 0 Å². The number of hydrogen-bond acceptors (Lipinski definition) is 4. The third-order valence-electron chi connectivity index (χ3n) is 6.45. The summed E-state index contributed by atoms with van der Waals surface area (Å²) >= 11 is 0. The highest BCUT2D eigenvalue weighted by atomic mass is 19.1. The molecule has 0 bridgehead atoms. The second-order valence-electron chi connectivity index (χ2n) is 8.70. The molecule has 3 aromatic carbocycles. The van der Waals surface area contributed by atoms with Crippen molar-refractivity contribution in [3.63, 3.8) is 0 Å². The lowest BCUT2D eigenvalue weighted by atomic mass is 9.91. The highest BCUT2D eigenvalue weighted by Crippen LogP contribution is 2.38. The van der Waals surface area contributed by atoms with Crippen molar-refractivity contribution in [3.05, 3.63) is 112 Å². The van der Waals surface area contributed by atoms with E-state index in [9.17, 15) is 14.6 Å². The van der Waals surface area contributed by atoms with Crippen molar-refractivity contribution >= 4 is 5.65 Å². The number of fused-ring (bicyclic) bond motifs is 5. The van der Waals surface area contributed by atoms with E-state index in [4.69, 9.17) is 9.97 Å². The molecular weight excluding hydrogens is 429 g/mol. The Kier molecular flexibility index (Phi) is 4.80. The molecule has 2 N–H and O–H groups in total. The van der Waals surface area contributed by atoms with Crippen molar-refractivity contribution in [1.82, 2.24) is 14.4 Å². The molecule has 0 saturated heterocycles. The number of benzene rings is 3. The third kappa shape index (κ3) is 3.48. The summed E-state index contributed by atoms with van der Waals surface area (Å²) in [6.07, 6.45) is 2.35. The first-order valence-corrected chi connectivity index (χ1v) is 11.3. The van der Waals surface area contributed by atoms with Gasteiger partial charge in [-0.25, -0.2) is 14.4 Å². The van der Waals surface area contributed by atoms with E-state index in [-0.39, 0.29) is 17.4 Å². The number of nitrogens with zero attached hydrogens (tertiary/aromatic N) is 3. The number of phenolic OH excluding ortho intramolecular Hbond substituents is 1. The number of aromatic nitrogens is 3. The van der Waals surface area contributed by atoms with Crippen molar-refractivity contribution in [3.8, 4) is 22.9 Å². The largest absolute Gasteiger partial charge is 0.508 e. The van der Waals surface area contributed by atoms with Crippen LogP contribution in [0.15, 0.2) is 72.8 Å². The van der Waals surface area contributed by atoms with Gasteiger partial charge in [0.05, 0.1) is 17.1 Å². The Bertz CT molecular complexity index is 1530. The van der Waals surface area contributed by atoms with Crippen molar-refractivity contribution in [2.45, 2.75) is 25.7 Å². The van der Waals surface area contributed by atoms with Gasteiger partial charge in [0.2, 0.25) is 5.88 Å². The van der Waals surface area contributed by atoms with E-state index in [0.29, 0.717) is 30.6 Å². The molecule has 0 saturated carbocycles. The van der Waals surface area contributed by atoms with Crippen LogP contribution in [0.1, 0.15) is 33.8 Å². The van der Waals surface area contributed by atoms with Crippen LogP contribution in [-0.4, -0.2) is 24.6 Å². The molecule has 0 aliphatic heterocycles. The standard InChI is InChI=1S/C28H22FN3O2/c29-20-9-6-18(7-10-20)15-24-28(34)32-25-13-8-19-16-21(33)11-12-22(19)26(25)30-23(27(32)31-24)14-17-4-2-1-3-5-17/h1-7,9-12,16,33-34H,8,13-15H2. The minimum absolute atomic E-state index is 0.0921. The Labute approximate surface area is 195 Å². The van der Waals surface area contributed by atoms with E-state index in [1.807, 2.05) is 40.8 Å². The van der Waals surface area contributed by atoms with Crippen molar-refractivity contribution in [2.24, 2.45) is 0 Å². The summed E-state index contributed by atoms with van der Waals surface area (Å²) < 4.78 is 15.2. The highest BCUT2D eigenvalue weighted by molar-refractivity contribution is 5.72. The monoisotopic (exact) mass is 451 g/mol. The minimum Gasteiger partial charge on any atom is -0.508 e. The van der Waals surface area contributed by atoms with Crippen molar-refractivity contribution in [1.29, 1.82) is 0 Å². The molecule has 6 heteroatoms. The average Bonchev–Trinajstić information content (AvgIpc) is 3.17. The highest BCUT2D eigenvalue weighted by Gasteiger charge is 2.26. The molecule has 0 radical (unpaired) electrons. The van der Waals surface area contributed by atoms with Crippen LogP contribution >= 0.6 is 0 Å². The molecule has 1 aliphatic carbocycles. The zero-order valence-electron chi connectivity index (χ0n) is 18.4. The summed E-state index contributed by atoms with van der Waals surface area (Å²) in [6, 6.07) is 21.7. The van der Waals surface area contributed by atoms with E-state index in [2.05, 4.69) is 0 Å². The van der Waals surface area contributed by atoms with Gasteiger partial charge in [-0.05, 0) is 59.9 Å². The minimum atomic E-state index is -0.295. The zero-order chi connectivity index (χ0) is 23.2. The van der Waals surface area contributed by atoms with Gasteiger partial charge in [-0.15, -0.1) is 0 Å². The molecule has 5 nitrogen and oxygen atoms in total. The van der Waals surface area contributed by atoms with Gasteiger partial charge < -0.3 is 10.2 Å². The van der Waals surface area contributed by atoms with E-state index in [1.165, 1.54) is 12.1 Å². The van der Waals surface area contributed by atoms with E-state index in [1.54, 1.807) is 24.3 Å². The number of aryl methyl sites for hydroxylation is 2. The van der Waals surface area contributed by atoms with Crippen LogP contribution in [0.2, 0.25) is 0 Å². The fourth-order valence-electron chi connectivity index (χ4n) is 4.80. The molecule has 5 aromatic rings. The van der Waals surface area contributed by atoms with Crippen LogP contribution in [0.5, 0.6) is 11.6 Å². The molecule has 0 atom stereocenters. The fourth-order valence-corrected chi connectivity index (χ4v) is 4.80. The maximum absolute atomic E-state index is 13.4. The summed E-state index contributed by atoms with van der Waals surface area (Å²) in [5.41, 5.74) is 7.62. The second-order valence-corrected chi connectivity index (χ2v) is 8.70. The molecule has 1 aliphatic rings. The van der Waals surface area contributed by atoms with Crippen LogP contribution in [0.3, 0.4) is 0 Å². The van der Waals surface area contributed by atoms with E-state index >= 15 is 0 Å². The predicted octanol–water partition coefficient (Wildman–Crippen LogP) is 5.23. The number of hydrogen-bond donors (Lipinski definition) is 2. The lowest BCUT2D eigenvalue weighted by Gasteiger charge is -2.22. The van der Waals surface area contributed by atoms with Gasteiger partial charge in [-0.1, -0.05) is 42.5 Å². The first-order valence-electron chi connectivity index (χ1n) is 11.3. The van der Waals surface area contributed by atoms with Crippen LogP contribution in [0.4, 0.5) is 4.39 Å². The average molecular weight is 452 g/mol. The predicted molar refractivity (Wildman–Crippen MR) is 128 cm³/mol. The molecule has 0 amide bonds. The first-order chi connectivity index (χ1) is 16.6. The Hall–Kier alpha value is -4.19. The van der Waals surface area contributed by atoms with Gasteiger partial charge in [0.1, 0.15) is 17.3 Å². The summed E-state index contributed by atoms with van der Waals surface area (Å²) in [7, 11) is 0. The van der Waals surface area contributed by atoms with Gasteiger partial charge in [0.25, 0.3) is 0 Å². The normalized spacial score (nSPS) is 12.5. The maximum atomic E-state index is 13.4. The Morgan fingerprint density at radius 3 is 2.32 bits per heavy atom. The van der Waals surface area contributed by atoms with Gasteiger partial charge in [-0.3, -0.25) is 4.40 Å². The zero-order valence-corrected chi connectivity index (χ0v) is 18.4. The van der Waals surface area contributed by atoms with E-state index in [0.717, 1.165) is 45.8 Å². The Balaban J connectivity index is 1.55. The van der Waals surface area contributed by atoms with Gasteiger partial charge in [-0.2, -0.15) is 0 Å². The fraction of sp³-hybridized carbons (Fsp3) is 0.143. The molecule has 34 heavy (non-hydrogen) atoms. The summed E-state index contributed by atoms with van der Waals surface area (Å²) in [4.78, 5) is 9.88. The van der Waals surface area contributed by atoms with Gasteiger partial charge >= 0.3 is 0 Å². The van der Waals surface area contributed by atoms with Crippen LogP contribution in [0, 0.1) is 5.82 Å². The maximum Gasteiger partial charge on any atom is 0.219 e. The lowest BCUT2D eigenvalue weighted by Crippen LogP contribution is -2.13. The van der Waals surface area contributed by atoms with Crippen molar-refractivity contribution in [2.75, 3.05) is 0 Å². The Morgan fingerprint density at radius 1 is 0.794 bits per heavy atom. The molecule has 2 aromatic heterocycles. The SMILES string of the molecule is Oc1ccc2c(c1)CCc1c-2nc(Cc2ccccc2)c2nc(Cc3ccc(F)cc3)c(O)n12. The number of phenols is 1. The molecule has 0 spiro atoms. The third-order valence-corrected chi connectivity index (χ3v) is 6.45. The summed E-state index contributed by atoms with van der Waals surface area (Å²) in [5, 5.41) is 21.3. The molecule has 0 fully saturated rings. The lowest BCUT2D eigenvalue weighted by molar-refractivity contribution is 0.439. The number of rotatable bonds is 4. The van der Waals surface area contributed by atoms with E-state index < -0.39 is 0 Å². The summed E-state index contributed by atoms with van der Waals surface area (Å²) in [6.45, 7) is 0. The van der Waals surface area contributed by atoms with Crippen LogP contribution in [-0.2, 0) is 25.7 Å². The van der Waals surface area contributed by atoms with Gasteiger partial charge in [0.15, 0.2) is 5.65 Å². The topological polar surface area (TPSA) is 70.7 Å². The van der Waals surface area contributed by atoms with Gasteiger partial charge in [0, 0.05) is 18.4 Å². The summed E-state index contributed by atoms with van der Waals surface area (Å²) in [5.74, 6) is 0.0328. The number of aromatic hydroxyl groups is 2. The quantitative estimate of drug-likeness (QED) is 0.393. The molecule has 0 unspecified atom stereocenters. The smallest absolute Gasteiger partial charge is 0.219 e. The van der Waals surface area contributed by atoms with Crippen LogP contribution in [0.25, 0.3) is 16.9 Å². The molecule has 168 valence electrons. The number of halogens is 1.